The predicted molar refractivity (Wildman–Crippen MR) is 82.1 cm³/mol. The number of aromatic nitrogens is 1. The highest BCUT2D eigenvalue weighted by Crippen LogP contribution is 2.25. The first-order valence-corrected chi connectivity index (χ1v) is 6.90. The number of nitrogens with zero attached hydrogens (tertiary/aromatic N) is 2. The summed E-state index contributed by atoms with van der Waals surface area (Å²) in [5.41, 5.74) is 1.33. The number of hydrogen-bond donors (Lipinski definition) is 1. The Morgan fingerprint density at radius 3 is 2.76 bits per heavy atom. The number of nitriles is 1. The van der Waals surface area contributed by atoms with Gasteiger partial charge in [-0.1, -0.05) is 29.3 Å². The maximum Gasteiger partial charge on any atom is 0.242 e. The average Bonchev–Trinajstić information content (AvgIpc) is 2.49. The Balaban J connectivity index is 2.07. The van der Waals surface area contributed by atoms with Gasteiger partial charge in [0.1, 0.15) is 5.92 Å². The summed E-state index contributed by atoms with van der Waals surface area (Å²) < 4.78 is 0. The zero-order valence-corrected chi connectivity index (χ0v) is 12.4. The third kappa shape index (κ3) is 4.19. The minimum absolute atomic E-state index is 0.303. The van der Waals surface area contributed by atoms with Crippen molar-refractivity contribution in [1.82, 2.24) is 4.98 Å². The van der Waals surface area contributed by atoms with E-state index in [0.29, 0.717) is 22.2 Å². The molecule has 0 bridgehead atoms. The summed E-state index contributed by atoms with van der Waals surface area (Å²) in [5.74, 6) is -1.19. The van der Waals surface area contributed by atoms with E-state index >= 15 is 0 Å². The molecule has 1 aromatic carbocycles. The molecular formula is C15H11Cl2N3O. The molecule has 0 saturated heterocycles. The fourth-order valence-electron chi connectivity index (χ4n) is 1.75. The van der Waals surface area contributed by atoms with Gasteiger partial charge in [0.2, 0.25) is 5.91 Å². The Kier molecular flexibility index (Phi) is 5.15. The van der Waals surface area contributed by atoms with Crippen LogP contribution in [0, 0.1) is 17.2 Å². The van der Waals surface area contributed by atoms with Crippen molar-refractivity contribution in [2.75, 3.05) is 5.32 Å². The van der Waals surface area contributed by atoms with Gasteiger partial charge in [-0.3, -0.25) is 9.78 Å². The van der Waals surface area contributed by atoms with Crippen molar-refractivity contribution in [3.63, 3.8) is 0 Å². The quantitative estimate of drug-likeness (QED) is 0.934. The molecule has 4 nitrogen and oxygen atoms in total. The van der Waals surface area contributed by atoms with E-state index in [0.717, 1.165) is 5.56 Å². The molecule has 0 saturated carbocycles. The second kappa shape index (κ2) is 7.07. The first kappa shape index (κ1) is 15.3. The predicted octanol–water partition coefficient (Wildman–Crippen LogP) is 3.71. The van der Waals surface area contributed by atoms with Crippen LogP contribution in [0.25, 0.3) is 0 Å². The number of nitrogens with one attached hydrogen (secondary N) is 1. The molecule has 1 amide bonds. The van der Waals surface area contributed by atoms with Crippen molar-refractivity contribution >= 4 is 34.8 Å². The first-order valence-electron chi connectivity index (χ1n) is 6.14. The fourth-order valence-corrected chi connectivity index (χ4v) is 2.05. The summed E-state index contributed by atoms with van der Waals surface area (Å²) in [6.07, 6.45) is 3.58. The van der Waals surface area contributed by atoms with Gasteiger partial charge < -0.3 is 5.32 Å². The second-order valence-electron chi connectivity index (χ2n) is 4.37. The maximum atomic E-state index is 12.1. The van der Waals surface area contributed by atoms with Crippen LogP contribution in [-0.4, -0.2) is 10.9 Å². The number of carbonyl (C=O) groups is 1. The number of hydrogen-bond acceptors (Lipinski definition) is 3. The zero-order chi connectivity index (χ0) is 15.2. The minimum Gasteiger partial charge on any atom is -0.325 e. The van der Waals surface area contributed by atoms with Crippen LogP contribution in [0.15, 0.2) is 42.7 Å². The maximum absolute atomic E-state index is 12.1. The molecule has 106 valence electrons. The van der Waals surface area contributed by atoms with E-state index in [2.05, 4.69) is 10.3 Å². The summed E-state index contributed by atoms with van der Waals surface area (Å²) in [7, 11) is 0. The van der Waals surface area contributed by atoms with Gasteiger partial charge in [0.05, 0.1) is 16.1 Å². The summed E-state index contributed by atoms with van der Waals surface area (Å²) in [6, 6.07) is 10.3. The molecule has 2 rings (SSSR count). The normalized spacial score (nSPS) is 11.5. The van der Waals surface area contributed by atoms with E-state index in [1.54, 1.807) is 36.7 Å². The van der Waals surface area contributed by atoms with Crippen LogP contribution in [-0.2, 0) is 11.2 Å². The number of pyridine rings is 1. The minimum atomic E-state index is -0.802. The number of amides is 1. The van der Waals surface area contributed by atoms with Crippen molar-refractivity contribution in [3.05, 3.63) is 58.3 Å². The van der Waals surface area contributed by atoms with E-state index in [1.165, 1.54) is 0 Å². The Labute approximate surface area is 132 Å². The molecule has 0 aliphatic rings. The van der Waals surface area contributed by atoms with Crippen LogP contribution >= 0.6 is 23.2 Å². The highest BCUT2D eigenvalue weighted by Gasteiger charge is 2.19. The molecule has 6 heteroatoms. The monoisotopic (exact) mass is 319 g/mol. The van der Waals surface area contributed by atoms with Crippen LogP contribution in [0.4, 0.5) is 5.69 Å². The van der Waals surface area contributed by atoms with Gasteiger partial charge in [-0.2, -0.15) is 5.26 Å². The van der Waals surface area contributed by atoms with Gasteiger partial charge in [0.15, 0.2) is 0 Å². The Hall–Kier alpha value is -2.09. The van der Waals surface area contributed by atoms with E-state index in [9.17, 15) is 4.79 Å². The largest absolute Gasteiger partial charge is 0.325 e. The van der Waals surface area contributed by atoms with E-state index < -0.39 is 5.92 Å². The third-order valence-corrected chi connectivity index (χ3v) is 3.56. The standard InChI is InChI=1S/C15H11Cl2N3O/c16-13-4-3-12(7-14(13)17)20-15(21)11(8-18)6-10-2-1-5-19-9-10/h1-5,7,9,11H,6H2,(H,20,21). The van der Waals surface area contributed by atoms with Crippen LogP contribution in [0.5, 0.6) is 0 Å². The highest BCUT2D eigenvalue weighted by molar-refractivity contribution is 6.42. The Morgan fingerprint density at radius 1 is 1.33 bits per heavy atom. The van der Waals surface area contributed by atoms with Crippen molar-refractivity contribution < 1.29 is 4.79 Å². The SMILES string of the molecule is N#CC(Cc1cccnc1)C(=O)Nc1ccc(Cl)c(Cl)c1. The van der Waals surface area contributed by atoms with Crippen LogP contribution in [0.3, 0.4) is 0 Å². The van der Waals surface area contributed by atoms with E-state index in [1.807, 2.05) is 12.1 Å². The lowest BCUT2D eigenvalue weighted by Gasteiger charge is -2.10. The summed E-state index contributed by atoms with van der Waals surface area (Å²) in [5, 5.41) is 12.6. The lowest BCUT2D eigenvalue weighted by atomic mass is 10.0. The first-order chi connectivity index (χ1) is 10.1. The summed E-state index contributed by atoms with van der Waals surface area (Å²) in [4.78, 5) is 16.1. The highest BCUT2D eigenvalue weighted by atomic mass is 35.5. The number of anilines is 1. The van der Waals surface area contributed by atoms with Gasteiger partial charge in [0, 0.05) is 18.1 Å². The molecule has 21 heavy (non-hydrogen) atoms. The average molecular weight is 320 g/mol. The molecular weight excluding hydrogens is 309 g/mol. The number of halogens is 2. The van der Waals surface area contributed by atoms with Crippen molar-refractivity contribution in [2.24, 2.45) is 5.92 Å². The van der Waals surface area contributed by atoms with Gasteiger partial charge in [-0.05, 0) is 36.2 Å². The lowest BCUT2D eigenvalue weighted by Crippen LogP contribution is -2.23. The van der Waals surface area contributed by atoms with Crippen molar-refractivity contribution in [3.8, 4) is 6.07 Å². The van der Waals surface area contributed by atoms with Gasteiger partial charge in [-0.15, -0.1) is 0 Å². The van der Waals surface area contributed by atoms with Crippen molar-refractivity contribution in [2.45, 2.75) is 6.42 Å². The number of carbonyl (C=O) groups excluding carboxylic acids is 1. The number of benzene rings is 1. The molecule has 1 heterocycles. The van der Waals surface area contributed by atoms with E-state index in [4.69, 9.17) is 28.5 Å². The molecule has 2 aromatic rings. The molecule has 1 N–H and O–H groups in total. The second-order valence-corrected chi connectivity index (χ2v) is 5.18. The Bertz CT molecular complexity index is 683. The Morgan fingerprint density at radius 2 is 2.14 bits per heavy atom. The smallest absolute Gasteiger partial charge is 0.242 e. The fraction of sp³-hybridized carbons (Fsp3) is 0.133. The molecule has 0 radical (unpaired) electrons. The molecule has 1 atom stereocenters. The van der Waals surface area contributed by atoms with Crippen LogP contribution in [0.2, 0.25) is 10.0 Å². The zero-order valence-electron chi connectivity index (χ0n) is 10.9. The van der Waals surface area contributed by atoms with Gasteiger partial charge >= 0.3 is 0 Å². The molecule has 0 fully saturated rings. The van der Waals surface area contributed by atoms with Crippen LogP contribution in [0.1, 0.15) is 5.56 Å². The van der Waals surface area contributed by atoms with Gasteiger partial charge in [-0.25, -0.2) is 0 Å². The van der Waals surface area contributed by atoms with Gasteiger partial charge in [0.25, 0.3) is 0 Å². The molecule has 1 aromatic heterocycles. The van der Waals surface area contributed by atoms with Crippen molar-refractivity contribution in [1.29, 1.82) is 5.26 Å². The molecule has 0 aliphatic carbocycles. The molecule has 0 aliphatic heterocycles. The number of rotatable bonds is 4. The molecule has 0 spiro atoms. The van der Waals surface area contributed by atoms with Crippen LogP contribution < -0.4 is 5.32 Å². The summed E-state index contributed by atoms with van der Waals surface area (Å²) in [6.45, 7) is 0. The topological polar surface area (TPSA) is 65.8 Å². The van der Waals surface area contributed by atoms with E-state index in [-0.39, 0.29) is 5.91 Å². The molecule has 1 unspecified atom stereocenters. The third-order valence-electron chi connectivity index (χ3n) is 2.82. The lowest BCUT2D eigenvalue weighted by molar-refractivity contribution is -0.118. The summed E-state index contributed by atoms with van der Waals surface area (Å²) >= 11 is 11.7.